The van der Waals surface area contributed by atoms with Gasteiger partial charge < -0.3 is 9.52 Å². The number of hydrogen-bond donors (Lipinski definition) is 1. The second kappa shape index (κ2) is 4.43. The number of fused-ring (bicyclic) bond motifs is 1. The molecule has 0 amide bonds. The van der Waals surface area contributed by atoms with Crippen molar-refractivity contribution in [2.24, 2.45) is 0 Å². The van der Waals surface area contributed by atoms with Crippen molar-refractivity contribution >= 4 is 11.0 Å². The number of benzene rings is 1. The van der Waals surface area contributed by atoms with Gasteiger partial charge in [0.15, 0.2) is 0 Å². The first-order valence-corrected chi connectivity index (χ1v) is 6.56. The van der Waals surface area contributed by atoms with Crippen LogP contribution in [0.15, 0.2) is 22.6 Å². The molecule has 0 aliphatic carbocycles. The van der Waals surface area contributed by atoms with Gasteiger partial charge >= 0.3 is 0 Å². The Kier molecular flexibility index (Phi) is 3.24. The van der Waals surface area contributed by atoms with Crippen LogP contribution in [0.25, 0.3) is 11.0 Å². The Morgan fingerprint density at radius 2 is 1.94 bits per heavy atom. The molecular formula is C16H22O2. The molecule has 1 aromatic heterocycles. The van der Waals surface area contributed by atoms with E-state index >= 15 is 0 Å². The summed E-state index contributed by atoms with van der Waals surface area (Å²) in [5.41, 5.74) is 3.34. The summed E-state index contributed by atoms with van der Waals surface area (Å²) < 4.78 is 5.91. The normalized spacial score (nSPS) is 14.1. The molecule has 0 radical (unpaired) electrons. The summed E-state index contributed by atoms with van der Waals surface area (Å²) in [7, 11) is 0. The molecule has 0 saturated carbocycles. The van der Waals surface area contributed by atoms with Crippen LogP contribution >= 0.6 is 0 Å². The van der Waals surface area contributed by atoms with Gasteiger partial charge in [0.05, 0.1) is 0 Å². The van der Waals surface area contributed by atoms with E-state index in [1.807, 2.05) is 13.0 Å². The fourth-order valence-electron chi connectivity index (χ4n) is 2.23. The lowest BCUT2D eigenvalue weighted by atomic mass is 9.85. The standard InChI is InChI=1S/C16H22O2/c1-6-13(17)14-9-11-10(2)7-8-12(15(11)18-14)16(3,4)5/h7-9,13,17H,6H2,1-5H3. The molecule has 98 valence electrons. The minimum absolute atomic E-state index is 0.0399. The molecule has 2 nitrogen and oxygen atoms in total. The lowest BCUT2D eigenvalue weighted by molar-refractivity contribution is 0.148. The van der Waals surface area contributed by atoms with Gasteiger partial charge in [-0.25, -0.2) is 0 Å². The van der Waals surface area contributed by atoms with Crippen LogP contribution in [-0.2, 0) is 5.41 Å². The Balaban J connectivity index is 2.70. The summed E-state index contributed by atoms with van der Waals surface area (Å²) in [6.45, 7) is 10.6. The molecule has 2 heteroatoms. The van der Waals surface area contributed by atoms with E-state index in [0.29, 0.717) is 12.2 Å². The van der Waals surface area contributed by atoms with E-state index in [1.54, 1.807) is 0 Å². The van der Waals surface area contributed by atoms with Crippen LogP contribution in [-0.4, -0.2) is 5.11 Å². The van der Waals surface area contributed by atoms with Gasteiger partial charge in [0, 0.05) is 10.9 Å². The van der Waals surface area contributed by atoms with Gasteiger partial charge in [-0.15, -0.1) is 0 Å². The maximum Gasteiger partial charge on any atom is 0.138 e. The first-order valence-electron chi connectivity index (χ1n) is 6.56. The van der Waals surface area contributed by atoms with Gasteiger partial charge in [0.25, 0.3) is 0 Å². The summed E-state index contributed by atoms with van der Waals surface area (Å²) in [6, 6.07) is 6.23. The van der Waals surface area contributed by atoms with Crippen molar-refractivity contribution in [2.75, 3.05) is 0 Å². The zero-order valence-corrected chi connectivity index (χ0v) is 11.9. The van der Waals surface area contributed by atoms with E-state index in [9.17, 15) is 5.11 Å². The molecule has 1 aromatic carbocycles. The van der Waals surface area contributed by atoms with E-state index in [0.717, 1.165) is 11.0 Å². The molecule has 0 aliphatic rings. The molecular weight excluding hydrogens is 224 g/mol. The van der Waals surface area contributed by atoms with Crippen molar-refractivity contribution < 1.29 is 9.52 Å². The highest BCUT2D eigenvalue weighted by atomic mass is 16.4. The quantitative estimate of drug-likeness (QED) is 0.847. The van der Waals surface area contributed by atoms with Gasteiger partial charge in [-0.2, -0.15) is 0 Å². The van der Waals surface area contributed by atoms with Gasteiger partial charge in [-0.1, -0.05) is 39.8 Å². The number of aryl methyl sites for hydroxylation is 1. The van der Waals surface area contributed by atoms with Crippen molar-refractivity contribution in [3.05, 3.63) is 35.1 Å². The summed E-state index contributed by atoms with van der Waals surface area (Å²) in [5.74, 6) is 0.673. The minimum atomic E-state index is -0.510. The number of furan rings is 1. The first kappa shape index (κ1) is 13.2. The number of hydrogen-bond acceptors (Lipinski definition) is 2. The molecule has 2 aromatic rings. The van der Waals surface area contributed by atoms with Crippen LogP contribution in [0.4, 0.5) is 0 Å². The molecule has 1 unspecified atom stereocenters. The molecule has 1 N–H and O–H groups in total. The highest BCUT2D eigenvalue weighted by molar-refractivity contribution is 5.85. The maximum atomic E-state index is 9.92. The van der Waals surface area contributed by atoms with Crippen molar-refractivity contribution in [3.8, 4) is 0 Å². The van der Waals surface area contributed by atoms with Gasteiger partial charge in [-0.05, 0) is 30.4 Å². The molecule has 0 bridgehead atoms. The van der Waals surface area contributed by atoms with Gasteiger partial charge in [0.1, 0.15) is 17.4 Å². The first-order chi connectivity index (χ1) is 8.34. The lowest BCUT2D eigenvalue weighted by Crippen LogP contribution is -2.11. The fourth-order valence-corrected chi connectivity index (χ4v) is 2.23. The molecule has 0 aliphatic heterocycles. The van der Waals surface area contributed by atoms with Crippen LogP contribution in [0, 0.1) is 6.92 Å². The van der Waals surface area contributed by atoms with E-state index < -0.39 is 6.10 Å². The average molecular weight is 246 g/mol. The molecule has 1 heterocycles. The zero-order chi connectivity index (χ0) is 13.5. The van der Waals surface area contributed by atoms with Crippen LogP contribution in [0.3, 0.4) is 0 Å². The third kappa shape index (κ3) is 2.17. The minimum Gasteiger partial charge on any atom is -0.458 e. The highest BCUT2D eigenvalue weighted by Crippen LogP contribution is 2.35. The Bertz CT molecular complexity index is 558. The zero-order valence-electron chi connectivity index (χ0n) is 11.9. The molecule has 18 heavy (non-hydrogen) atoms. The van der Waals surface area contributed by atoms with E-state index in [4.69, 9.17) is 4.42 Å². The average Bonchev–Trinajstić information content (AvgIpc) is 2.72. The third-order valence-corrected chi connectivity index (χ3v) is 3.44. The summed E-state index contributed by atoms with van der Waals surface area (Å²) >= 11 is 0. The van der Waals surface area contributed by atoms with Crippen molar-refractivity contribution in [3.63, 3.8) is 0 Å². The van der Waals surface area contributed by atoms with E-state index in [2.05, 4.69) is 39.8 Å². The molecule has 1 atom stereocenters. The van der Waals surface area contributed by atoms with Crippen LogP contribution in [0.1, 0.15) is 57.1 Å². The second-order valence-electron chi connectivity index (χ2n) is 6.00. The smallest absolute Gasteiger partial charge is 0.138 e. The third-order valence-electron chi connectivity index (χ3n) is 3.44. The van der Waals surface area contributed by atoms with Crippen molar-refractivity contribution in [1.82, 2.24) is 0 Å². The summed E-state index contributed by atoms with van der Waals surface area (Å²) in [6.07, 6.45) is 0.161. The largest absolute Gasteiger partial charge is 0.458 e. The number of aliphatic hydroxyl groups is 1. The van der Waals surface area contributed by atoms with Crippen LogP contribution in [0.2, 0.25) is 0 Å². The summed E-state index contributed by atoms with van der Waals surface area (Å²) in [5, 5.41) is 11.0. The van der Waals surface area contributed by atoms with Crippen molar-refractivity contribution in [1.29, 1.82) is 0 Å². The predicted molar refractivity (Wildman–Crippen MR) is 74.9 cm³/mol. The Hall–Kier alpha value is -1.28. The van der Waals surface area contributed by atoms with Crippen molar-refractivity contribution in [2.45, 2.75) is 52.6 Å². The topological polar surface area (TPSA) is 33.4 Å². The number of rotatable bonds is 2. The predicted octanol–water partition coefficient (Wildman–Crippen LogP) is 4.48. The maximum absolute atomic E-state index is 9.92. The monoisotopic (exact) mass is 246 g/mol. The highest BCUT2D eigenvalue weighted by Gasteiger charge is 2.22. The molecule has 0 saturated heterocycles. The fraction of sp³-hybridized carbons (Fsp3) is 0.500. The van der Waals surface area contributed by atoms with E-state index in [1.165, 1.54) is 11.1 Å². The van der Waals surface area contributed by atoms with Gasteiger partial charge in [-0.3, -0.25) is 0 Å². The second-order valence-corrected chi connectivity index (χ2v) is 6.00. The van der Waals surface area contributed by atoms with Crippen LogP contribution < -0.4 is 0 Å². The van der Waals surface area contributed by atoms with Crippen LogP contribution in [0.5, 0.6) is 0 Å². The molecule has 2 rings (SSSR count). The Morgan fingerprint density at radius 3 is 2.50 bits per heavy atom. The number of aliphatic hydroxyl groups excluding tert-OH is 1. The molecule has 0 fully saturated rings. The van der Waals surface area contributed by atoms with E-state index in [-0.39, 0.29) is 5.41 Å². The SMILES string of the molecule is CCC(O)c1cc2c(C)ccc(C(C)(C)C)c2o1. The summed E-state index contributed by atoms with van der Waals surface area (Å²) in [4.78, 5) is 0. The Morgan fingerprint density at radius 1 is 1.28 bits per heavy atom. The lowest BCUT2D eigenvalue weighted by Gasteiger charge is -2.19. The van der Waals surface area contributed by atoms with Gasteiger partial charge in [0.2, 0.25) is 0 Å². The Labute approximate surface area is 109 Å². The molecule has 0 spiro atoms.